The Morgan fingerprint density at radius 2 is 1.78 bits per heavy atom. The maximum absolute atomic E-state index is 12.1. The molecule has 1 aromatic carbocycles. The van der Waals surface area contributed by atoms with Crippen molar-refractivity contribution in [3.63, 3.8) is 0 Å². The van der Waals surface area contributed by atoms with Gasteiger partial charge in [0.05, 0.1) is 12.7 Å². The Bertz CT molecular complexity index is 842. The molecule has 1 heterocycles. The standard InChI is InChI=1S/C19H20N2O6/c1-12-5-6-14(10-13(12)2)15(22)7-8-18(24)27-11-17(23)20-21-19(25)16-4-3-9-26-16/h3-6,9-10H,7-8,11H2,1-2H3,(H,20,23)(H,21,25). The smallest absolute Gasteiger partial charge is 0.306 e. The van der Waals surface area contributed by atoms with Crippen molar-refractivity contribution in [2.24, 2.45) is 0 Å². The minimum absolute atomic E-state index is 0.0157. The van der Waals surface area contributed by atoms with E-state index in [1.54, 1.807) is 12.1 Å². The van der Waals surface area contributed by atoms with Gasteiger partial charge in [0.25, 0.3) is 5.91 Å². The second-order valence-electron chi connectivity index (χ2n) is 5.86. The topological polar surface area (TPSA) is 115 Å². The van der Waals surface area contributed by atoms with Crippen LogP contribution in [0.3, 0.4) is 0 Å². The van der Waals surface area contributed by atoms with Gasteiger partial charge in [0, 0.05) is 12.0 Å². The summed E-state index contributed by atoms with van der Waals surface area (Å²) >= 11 is 0. The number of aryl methyl sites for hydroxylation is 2. The van der Waals surface area contributed by atoms with Gasteiger partial charge < -0.3 is 9.15 Å². The normalized spacial score (nSPS) is 10.1. The summed E-state index contributed by atoms with van der Waals surface area (Å²) in [5.74, 6) is -2.19. The number of rotatable bonds is 7. The average molecular weight is 372 g/mol. The molecule has 0 aliphatic carbocycles. The Hall–Kier alpha value is -3.42. The molecule has 0 fully saturated rings. The molecular formula is C19H20N2O6. The lowest BCUT2D eigenvalue weighted by molar-refractivity contribution is -0.148. The molecule has 0 aliphatic rings. The van der Waals surface area contributed by atoms with Crippen LogP contribution in [0.15, 0.2) is 41.0 Å². The van der Waals surface area contributed by atoms with Gasteiger partial charge in [0.15, 0.2) is 18.2 Å². The van der Waals surface area contributed by atoms with E-state index >= 15 is 0 Å². The fourth-order valence-electron chi connectivity index (χ4n) is 2.12. The van der Waals surface area contributed by atoms with Crippen molar-refractivity contribution < 1.29 is 28.3 Å². The third-order valence-corrected chi connectivity index (χ3v) is 3.81. The Morgan fingerprint density at radius 3 is 2.44 bits per heavy atom. The molecule has 142 valence electrons. The first-order chi connectivity index (χ1) is 12.9. The number of hydrogen-bond acceptors (Lipinski definition) is 6. The molecule has 1 aromatic heterocycles. The number of nitrogens with one attached hydrogen (secondary N) is 2. The number of carbonyl (C=O) groups is 4. The highest BCUT2D eigenvalue weighted by molar-refractivity contribution is 5.98. The number of hydrogen-bond donors (Lipinski definition) is 2. The molecule has 2 rings (SSSR count). The van der Waals surface area contributed by atoms with Crippen molar-refractivity contribution in [1.82, 2.24) is 10.9 Å². The van der Waals surface area contributed by atoms with E-state index in [1.807, 2.05) is 19.9 Å². The monoisotopic (exact) mass is 372 g/mol. The summed E-state index contributed by atoms with van der Waals surface area (Å²) in [7, 11) is 0. The van der Waals surface area contributed by atoms with Crippen LogP contribution in [0.5, 0.6) is 0 Å². The Morgan fingerprint density at radius 1 is 1.00 bits per heavy atom. The van der Waals surface area contributed by atoms with Gasteiger partial charge in [-0.05, 0) is 43.2 Å². The second-order valence-corrected chi connectivity index (χ2v) is 5.86. The fraction of sp³-hybridized carbons (Fsp3) is 0.263. The molecule has 0 atom stereocenters. The lowest BCUT2D eigenvalue weighted by Crippen LogP contribution is -2.43. The van der Waals surface area contributed by atoms with Crippen molar-refractivity contribution in [1.29, 1.82) is 0 Å². The van der Waals surface area contributed by atoms with Crippen molar-refractivity contribution in [2.75, 3.05) is 6.61 Å². The summed E-state index contributed by atoms with van der Waals surface area (Å²) in [6, 6.07) is 8.29. The third-order valence-electron chi connectivity index (χ3n) is 3.81. The first kappa shape index (κ1) is 19.9. The maximum atomic E-state index is 12.1. The molecule has 2 aromatic rings. The predicted octanol–water partition coefficient (Wildman–Crippen LogP) is 1.86. The molecule has 0 spiro atoms. The molecule has 0 unspecified atom stereocenters. The first-order valence-corrected chi connectivity index (χ1v) is 8.25. The second kappa shape index (κ2) is 9.33. The highest BCUT2D eigenvalue weighted by Gasteiger charge is 2.14. The van der Waals surface area contributed by atoms with Crippen LogP contribution in [0.2, 0.25) is 0 Å². The number of benzene rings is 1. The maximum Gasteiger partial charge on any atom is 0.306 e. The SMILES string of the molecule is Cc1ccc(C(=O)CCC(=O)OCC(=O)NNC(=O)c2ccco2)cc1C. The summed E-state index contributed by atoms with van der Waals surface area (Å²) in [5.41, 5.74) is 6.81. The first-order valence-electron chi connectivity index (χ1n) is 8.25. The quantitative estimate of drug-likeness (QED) is 0.436. The Labute approximate surface area is 155 Å². The predicted molar refractivity (Wildman–Crippen MR) is 94.8 cm³/mol. The van der Waals surface area contributed by atoms with E-state index in [9.17, 15) is 19.2 Å². The zero-order valence-electron chi connectivity index (χ0n) is 15.0. The summed E-state index contributed by atoms with van der Waals surface area (Å²) in [6.45, 7) is 3.28. The number of Topliss-reactive ketones (excluding diaryl/α,β-unsaturated/α-hetero) is 1. The van der Waals surface area contributed by atoms with Gasteiger partial charge >= 0.3 is 11.9 Å². The lowest BCUT2D eigenvalue weighted by atomic mass is 10.0. The molecule has 0 aliphatic heterocycles. The number of ketones is 1. The van der Waals surface area contributed by atoms with Gasteiger partial charge in [0.2, 0.25) is 0 Å². The molecule has 0 saturated carbocycles. The van der Waals surface area contributed by atoms with Gasteiger partial charge in [-0.2, -0.15) is 0 Å². The zero-order valence-corrected chi connectivity index (χ0v) is 15.0. The Kier molecular flexibility index (Phi) is 6.87. The van der Waals surface area contributed by atoms with E-state index in [1.165, 1.54) is 18.4 Å². The summed E-state index contributed by atoms with van der Waals surface area (Å²) in [5, 5.41) is 0. The number of ether oxygens (including phenoxy) is 1. The van der Waals surface area contributed by atoms with Crippen LogP contribution in [0, 0.1) is 13.8 Å². The van der Waals surface area contributed by atoms with Crippen LogP contribution in [0.4, 0.5) is 0 Å². The molecule has 0 saturated heterocycles. The molecule has 27 heavy (non-hydrogen) atoms. The minimum Gasteiger partial charge on any atom is -0.459 e. The summed E-state index contributed by atoms with van der Waals surface area (Å²) in [4.78, 5) is 46.9. The molecular weight excluding hydrogens is 352 g/mol. The molecule has 0 bridgehead atoms. The molecule has 2 N–H and O–H groups in total. The van der Waals surface area contributed by atoms with E-state index in [0.29, 0.717) is 5.56 Å². The minimum atomic E-state index is -0.719. The average Bonchev–Trinajstić information content (AvgIpc) is 3.19. The van der Waals surface area contributed by atoms with Gasteiger partial charge in [-0.15, -0.1) is 0 Å². The van der Waals surface area contributed by atoms with Crippen LogP contribution in [-0.2, 0) is 14.3 Å². The van der Waals surface area contributed by atoms with Crippen molar-refractivity contribution in [2.45, 2.75) is 26.7 Å². The summed E-state index contributed by atoms with van der Waals surface area (Å²) in [6.07, 6.45) is 1.16. The van der Waals surface area contributed by atoms with E-state index in [4.69, 9.17) is 9.15 Å². The van der Waals surface area contributed by atoms with Crippen LogP contribution in [-0.4, -0.2) is 30.2 Å². The van der Waals surface area contributed by atoms with Crippen LogP contribution in [0.25, 0.3) is 0 Å². The number of furan rings is 1. The molecule has 0 radical (unpaired) electrons. The lowest BCUT2D eigenvalue weighted by Gasteiger charge is -2.07. The van der Waals surface area contributed by atoms with Crippen molar-refractivity contribution >= 4 is 23.6 Å². The van der Waals surface area contributed by atoms with E-state index in [0.717, 1.165) is 11.1 Å². The largest absolute Gasteiger partial charge is 0.459 e. The fourth-order valence-corrected chi connectivity index (χ4v) is 2.12. The molecule has 8 heteroatoms. The number of carbonyl (C=O) groups excluding carboxylic acids is 4. The van der Waals surface area contributed by atoms with Crippen molar-refractivity contribution in [3.05, 3.63) is 59.0 Å². The number of hydrazine groups is 1. The van der Waals surface area contributed by atoms with E-state index in [-0.39, 0.29) is 24.4 Å². The highest BCUT2D eigenvalue weighted by Crippen LogP contribution is 2.12. The van der Waals surface area contributed by atoms with Crippen LogP contribution < -0.4 is 10.9 Å². The number of amides is 2. The van der Waals surface area contributed by atoms with Gasteiger partial charge in [-0.3, -0.25) is 30.0 Å². The molecule has 8 nitrogen and oxygen atoms in total. The van der Waals surface area contributed by atoms with Crippen LogP contribution >= 0.6 is 0 Å². The van der Waals surface area contributed by atoms with Crippen molar-refractivity contribution in [3.8, 4) is 0 Å². The van der Waals surface area contributed by atoms with Gasteiger partial charge in [0.1, 0.15) is 0 Å². The number of esters is 1. The third kappa shape index (κ3) is 6.10. The summed E-state index contributed by atoms with van der Waals surface area (Å²) < 4.78 is 9.63. The zero-order chi connectivity index (χ0) is 19.8. The van der Waals surface area contributed by atoms with Crippen LogP contribution in [0.1, 0.15) is 44.9 Å². The highest BCUT2D eigenvalue weighted by atomic mass is 16.5. The van der Waals surface area contributed by atoms with E-state index < -0.39 is 24.4 Å². The molecule has 2 amide bonds. The van der Waals surface area contributed by atoms with Gasteiger partial charge in [-0.25, -0.2) is 0 Å². The Balaban J connectivity index is 1.67. The van der Waals surface area contributed by atoms with E-state index in [2.05, 4.69) is 10.9 Å². The van der Waals surface area contributed by atoms with Gasteiger partial charge in [-0.1, -0.05) is 12.1 Å².